The third-order valence-corrected chi connectivity index (χ3v) is 2.16. The van der Waals surface area contributed by atoms with Crippen LogP contribution in [-0.2, 0) is 4.74 Å². The molecule has 0 aromatic carbocycles. The summed E-state index contributed by atoms with van der Waals surface area (Å²) in [6.07, 6.45) is 1.32. The fraction of sp³-hybridized carbons (Fsp3) is 0.667. The molecule has 0 aliphatic rings. The summed E-state index contributed by atoms with van der Waals surface area (Å²) in [5.41, 5.74) is 0. The van der Waals surface area contributed by atoms with E-state index in [-0.39, 0.29) is 17.8 Å². The number of likely N-dealkylation sites (N-methyl/N-ethyl adjacent to an activating group) is 1. The van der Waals surface area contributed by atoms with E-state index >= 15 is 0 Å². The maximum absolute atomic E-state index is 11.9. The van der Waals surface area contributed by atoms with Crippen molar-refractivity contribution in [1.29, 1.82) is 0 Å². The Kier molecular flexibility index (Phi) is 4.23. The summed E-state index contributed by atoms with van der Waals surface area (Å²) in [5.74, 6) is 0.111. The van der Waals surface area contributed by atoms with E-state index < -0.39 is 0 Å². The highest BCUT2D eigenvalue weighted by Gasteiger charge is 2.21. The quantitative estimate of drug-likeness (QED) is 0.762. The molecule has 0 saturated carbocycles. The minimum Gasteiger partial charge on any atom is -0.383 e. The van der Waals surface area contributed by atoms with Gasteiger partial charge in [-0.05, 0) is 13.8 Å². The SMILES string of the molecule is CCN(C(=O)c1ncn[nH]1)C(C)COC. The summed E-state index contributed by atoms with van der Waals surface area (Å²) in [6, 6.07) is 0.0256. The Bertz CT molecular complexity index is 299. The number of carbonyl (C=O) groups is 1. The molecule has 0 aliphatic carbocycles. The largest absolute Gasteiger partial charge is 0.383 e. The molecule has 0 fully saturated rings. The highest BCUT2D eigenvalue weighted by molar-refractivity contribution is 5.90. The zero-order valence-corrected chi connectivity index (χ0v) is 9.23. The lowest BCUT2D eigenvalue weighted by molar-refractivity contribution is 0.0568. The lowest BCUT2D eigenvalue weighted by Gasteiger charge is -2.26. The van der Waals surface area contributed by atoms with Crippen molar-refractivity contribution >= 4 is 5.91 Å². The number of carbonyl (C=O) groups excluding carboxylic acids is 1. The van der Waals surface area contributed by atoms with Gasteiger partial charge in [0.2, 0.25) is 5.82 Å². The number of rotatable bonds is 5. The average Bonchev–Trinajstić information content (AvgIpc) is 2.71. The van der Waals surface area contributed by atoms with Gasteiger partial charge in [-0.15, -0.1) is 0 Å². The first-order chi connectivity index (χ1) is 7.20. The molecule has 84 valence electrons. The van der Waals surface area contributed by atoms with E-state index in [9.17, 15) is 4.79 Å². The van der Waals surface area contributed by atoms with Crippen molar-refractivity contribution in [2.24, 2.45) is 0 Å². The summed E-state index contributed by atoms with van der Waals surface area (Å²) >= 11 is 0. The van der Waals surface area contributed by atoms with Crippen LogP contribution in [0, 0.1) is 0 Å². The van der Waals surface area contributed by atoms with Crippen LogP contribution in [0.4, 0.5) is 0 Å². The van der Waals surface area contributed by atoms with E-state index in [2.05, 4.69) is 15.2 Å². The van der Waals surface area contributed by atoms with Gasteiger partial charge in [-0.1, -0.05) is 0 Å². The van der Waals surface area contributed by atoms with Gasteiger partial charge in [0.15, 0.2) is 0 Å². The molecule has 1 N–H and O–H groups in total. The van der Waals surface area contributed by atoms with E-state index in [0.717, 1.165) is 0 Å². The Morgan fingerprint density at radius 3 is 2.93 bits per heavy atom. The van der Waals surface area contributed by atoms with Gasteiger partial charge in [0, 0.05) is 13.7 Å². The lowest BCUT2D eigenvalue weighted by Crippen LogP contribution is -2.41. The Labute approximate surface area is 88.6 Å². The molecule has 6 nitrogen and oxygen atoms in total. The number of aromatic nitrogens is 3. The van der Waals surface area contributed by atoms with Gasteiger partial charge in [-0.3, -0.25) is 9.89 Å². The molecule has 6 heteroatoms. The van der Waals surface area contributed by atoms with Crippen LogP contribution >= 0.6 is 0 Å². The van der Waals surface area contributed by atoms with Crippen LogP contribution < -0.4 is 0 Å². The highest BCUT2D eigenvalue weighted by atomic mass is 16.5. The lowest BCUT2D eigenvalue weighted by atomic mass is 10.3. The van der Waals surface area contributed by atoms with Gasteiger partial charge in [-0.2, -0.15) is 5.10 Å². The molecule has 0 aliphatic heterocycles. The van der Waals surface area contributed by atoms with Crippen molar-refractivity contribution < 1.29 is 9.53 Å². The molecule has 1 unspecified atom stereocenters. The third-order valence-electron chi connectivity index (χ3n) is 2.16. The summed E-state index contributed by atoms with van der Waals surface area (Å²) in [4.78, 5) is 17.4. The van der Waals surface area contributed by atoms with Crippen LogP contribution in [0.1, 0.15) is 24.5 Å². The minimum absolute atomic E-state index is 0.0256. The smallest absolute Gasteiger partial charge is 0.291 e. The molecule has 1 aromatic heterocycles. The second-order valence-electron chi connectivity index (χ2n) is 3.23. The number of aromatic amines is 1. The first-order valence-corrected chi connectivity index (χ1v) is 4.86. The van der Waals surface area contributed by atoms with Crippen molar-refractivity contribution in [2.75, 3.05) is 20.3 Å². The summed E-state index contributed by atoms with van der Waals surface area (Å²) in [5, 5.41) is 6.21. The van der Waals surface area contributed by atoms with Crippen molar-refractivity contribution in [3.8, 4) is 0 Å². The second-order valence-corrected chi connectivity index (χ2v) is 3.23. The van der Waals surface area contributed by atoms with Crippen molar-refractivity contribution in [3.63, 3.8) is 0 Å². The number of hydrogen-bond donors (Lipinski definition) is 1. The standard InChI is InChI=1S/C9H16N4O2/c1-4-13(7(2)5-15-3)9(14)8-10-6-11-12-8/h6-7H,4-5H2,1-3H3,(H,10,11,12). The van der Waals surface area contributed by atoms with Gasteiger partial charge in [0.05, 0.1) is 12.6 Å². The zero-order valence-electron chi connectivity index (χ0n) is 9.23. The Morgan fingerprint density at radius 1 is 1.73 bits per heavy atom. The van der Waals surface area contributed by atoms with Crippen molar-refractivity contribution in [3.05, 3.63) is 12.2 Å². The molecule has 1 heterocycles. The van der Waals surface area contributed by atoms with E-state index in [4.69, 9.17) is 4.74 Å². The first-order valence-electron chi connectivity index (χ1n) is 4.86. The van der Waals surface area contributed by atoms with Crippen molar-refractivity contribution in [2.45, 2.75) is 19.9 Å². The number of amides is 1. The maximum Gasteiger partial charge on any atom is 0.291 e. The fourth-order valence-electron chi connectivity index (χ4n) is 1.43. The van der Waals surface area contributed by atoms with E-state index in [0.29, 0.717) is 13.2 Å². The second kappa shape index (κ2) is 5.45. The summed E-state index contributed by atoms with van der Waals surface area (Å²) in [6.45, 7) is 4.97. The normalized spacial score (nSPS) is 12.5. The topological polar surface area (TPSA) is 71.1 Å². The van der Waals surface area contributed by atoms with Crippen LogP contribution in [0.15, 0.2) is 6.33 Å². The molecule has 0 bridgehead atoms. The van der Waals surface area contributed by atoms with E-state index in [1.807, 2.05) is 13.8 Å². The predicted molar refractivity (Wildman–Crippen MR) is 54.4 cm³/mol. The number of nitrogens with one attached hydrogen (secondary N) is 1. The molecule has 1 atom stereocenters. The molecule has 15 heavy (non-hydrogen) atoms. The van der Waals surface area contributed by atoms with Crippen molar-refractivity contribution in [1.82, 2.24) is 20.1 Å². The molecule has 0 saturated heterocycles. The van der Waals surface area contributed by atoms with E-state index in [1.54, 1.807) is 12.0 Å². The van der Waals surface area contributed by atoms with Crippen LogP contribution in [0.2, 0.25) is 0 Å². The fourth-order valence-corrected chi connectivity index (χ4v) is 1.43. The van der Waals surface area contributed by atoms with Crippen LogP contribution in [0.3, 0.4) is 0 Å². The number of methoxy groups -OCH3 is 1. The molecule has 1 aromatic rings. The number of hydrogen-bond acceptors (Lipinski definition) is 4. The summed E-state index contributed by atoms with van der Waals surface area (Å²) < 4.78 is 5.01. The maximum atomic E-state index is 11.9. The Balaban J connectivity index is 2.70. The predicted octanol–water partition coefficient (Wildman–Crippen LogP) is 0.302. The van der Waals surface area contributed by atoms with Crippen LogP contribution in [0.25, 0.3) is 0 Å². The van der Waals surface area contributed by atoms with Gasteiger partial charge in [0.1, 0.15) is 6.33 Å². The van der Waals surface area contributed by atoms with Crippen LogP contribution in [-0.4, -0.2) is 52.3 Å². The minimum atomic E-state index is -0.153. The van der Waals surface area contributed by atoms with Gasteiger partial charge in [0.25, 0.3) is 5.91 Å². The number of ether oxygens (including phenoxy) is 1. The van der Waals surface area contributed by atoms with Gasteiger partial charge in [-0.25, -0.2) is 4.98 Å². The van der Waals surface area contributed by atoms with Gasteiger partial charge >= 0.3 is 0 Å². The molecule has 1 amide bonds. The Morgan fingerprint density at radius 2 is 2.47 bits per heavy atom. The molecule has 1 rings (SSSR count). The Hall–Kier alpha value is -1.43. The summed E-state index contributed by atoms with van der Waals surface area (Å²) in [7, 11) is 1.61. The van der Waals surface area contributed by atoms with Gasteiger partial charge < -0.3 is 9.64 Å². The molecular formula is C9H16N4O2. The highest BCUT2D eigenvalue weighted by Crippen LogP contribution is 2.04. The number of nitrogens with zero attached hydrogens (tertiary/aromatic N) is 3. The number of H-pyrrole nitrogens is 1. The van der Waals surface area contributed by atoms with E-state index in [1.165, 1.54) is 6.33 Å². The molecule has 0 spiro atoms. The molecule has 0 radical (unpaired) electrons. The average molecular weight is 212 g/mol. The van der Waals surface area contributed by atoms with Crippen LogP contribution in [0.5, 0.6) is 0 Å². The monoisotopic (exact) mass is 212 g/mol. The third kappa shape index (κ3) is 2.76. The first kappa shape index (κ1) is 11.6. The molecular weight excluding hydrogens is 196 g/mol. The zero-order chi connectivity index (χ0) is 11.3.